The number of nitrogens with zero attached hydrogens (tertiary/aromatic N) is 1. The zero-order valence-corrected chi connectivity index (χ0v) is 16.0. The van der Waals surface area contributed by atoms with Gasteiger partial charge in [0, 0.05) is 19.5 Å². The minimum absolute atomic E-state index is 0.219. The largest absolute Gasteiger partial charge is 0.493 e. The van der Waals surface area contributed by atoms with Crippen molar-refractivity contribution in [3.05, 3.63) is 59.7 Å². The van der Waals surface area contributed by atoms with Gasteiger partial charge in [-0.1, -0.05) is 49.7 Å². The molecule has 0 N–H and O–H groups in total. The molecule has 26 heavy (non-hydrogen) atoms. The summed E-state index contributed by atoms with van der Waals surface area (Å²) in [5.41, 5.74) is 2.29. The second-order valence-corrected chi connectivity index (χ2v) is 6.34. The molecular formula is C22H29NO3. The first-order valence-corrected chi connectivity index (χ1v) is 9.20. The molecule has 0 saturated heterocycles. The molecule has 0 fully saturated rings. The van der Waals surface area contributed by atoms with Crippen LogP contribution >= 0.6 is 0 Å². The van der Waals surface area contributed by atoms with Crippen molar-refractivity contribution >= 4 is 5.91 Å². The second-order valence-electron chi connectivity index (χ2n) is 6.34. The smallest absolute Gasteiger partial charge is 0.222 e. The summed E-state index contributed by atoms with van der Waals surface area (Å²) in [6.07, 6.45) is 3.35. The number of ether oxygens (including phenoxy) is 2. The lowest BCUT2D eigenvalue weighted by molar-refractivity contribution is -0.131. The van der Waals surface area contributed by atoms with Crippen molar-refractivity contribution in [1.29, 1.82) is 0 Å². The monoisotopic (exact) mass is 355 g/mol. The van der Waals surface area contributed by atoms with E-state index in [1.165, 1.54) is 0 Å². The Kier molecular flexibility index (Phi) is 8.00. The van der Waals surface area contributed by atoms with Crippen molar-refractivity contribution < 1.29 is 14.3 Å². The summed E-state index contributed by atoms with van der Waals surface area (Å²) < 4.78 is 10.7. The number of unbranched alkanes of at least 4 members (excludes halogenated alkanes) is 1. The van der Waals surface area contributed by atoms with Crippen LogP contribution in [0.3, 0.4) is 0 Å². The molecule has 0 unspecified atom stereocenters. The highest BCUT2D eigenvalue weighted by Gasteiger charge is 2.14. The molecule has 0 spiro atoms. The molecule has 4 heteroatoms. The van der Waals surface area contributed by atoms with E-state index >= 15 is 0 Å². The predicted molar refractivity (Wildman–Crippen MR) is 105 cm³/mol. The summed E-state index contributed by atoms with van der Waals surface area (Å²) in [7, 11) is 3.27. The average Bonchev–Trinajstić information content (AvgIpc) is 2.69. The van der Waals surface area contributed by atoms with E-state index in [-0.39, 0.29) is 5.91 Å². The predicted octanol–water partition coefficient (Wildman–Crippen LogP) is 4.47. The van der Waals surface area contributed by atoms with Crippen molar-refractivity contribution in [3.8, 4) is 11.5 Å². The summed E-state index contributed by atoms with van der Waals surface area (Å²) in [4.78, 5) is 14.6. The minimum atomic E-state index is 0.219. The van der Waals surface area contributed by atoms with Crippen LogP contribution in [-0.4, -0.2) is 31.6 Å². The first kappa shape index (κ1) is 19.8. The third kappa shape index (κ3) is 5.80. The number of amides is 1. The Morgan fingerprint density at radius 1 is 0.962 bits per heavy atom. The summed E-state index contributed by atoms with van der Waals surface area (Å²) in [5.74, 6) is 1.66. The number of carbonyl (C=O) groups excluding carboxylic acids is 1. The molecule has 0 radical (unpaired) electrons. The van der Waals surface area contributed by atoms with Gasteiger partial charge in [0.15, 0.2) is 11.5 Å². The van der Waals surface area contributed by atoms with Crippen LogP contribution in [0.4, 0.5) is 0 Å². The van der Waals surface area contributed by atoms with E-state index in [1.807, 2.05) is 41.3 Å². The van der Waals surface area contributed by atoms with Gasteiger partial charge in [-0.2, -0.15) is 0 Å². The summed E-state index contributed by atoms with van der Waals surface area (Å²) in [6, 6.07) is 16.1. The van der Waals surface area contributed by atoms with Gasteiger partial charge in [0.1, 0.15) is 0 Å². The van der Waals surface area contributed by atoms with Gasteiger partial charge in [-0.25, -0.2) is 0 Å². The lowest BCUT2D eigenvalue weighted by atomic mass is 10.1. The Hall–Kier alpha value is -2.49. The van der Waals surface area contributed by atoms with E-state index in [9.17, 15) is 4.79 Å². The van der Waals surface area contributed by atoms with Gasteiger partial charge in [0.25, 0.3) is 0 Å². The van der Waals surface area contributed by atoms with E-state index in [4.69, 9.17) is 9.47 Å². The van der Waals surface area contributed by atoms with Crippen molar-refractivity contribution in [1.82, 2.24) is 4.90 Å². The normalized spacial score (nSPS) is 10.4. The van der Waals surface area contributed by atoms with Crippen LogP contribution in [0.5, 0.6) is 11.5 Å². The Labute approximate surface area is 156 Å². The highest BCUT2D eigenvalue weighted by molar-refractivity contribution is 5.76. The maximum absolute atomic E-state index is 12.6. The molecule has 0 aromatic heterocycles. The standard InChI is InChI=1S/C22H29NO3/c1-4-5-11-22(24)23(17-19-9-7-6-8-10-19)15-14-18-12-13-20(25-2)21(16-18)26-3/h6-10,12-13,16H,4-5,11,14-15,17H2,1-3H3. The molecule has 0 atom stereocenters. The molecular weight excluding hydrogens is 326 g/mol. The quantitative estimate of drug-likeness (QED) is 0.631. The first-order chi connectivity index (χ1) is 12.7. The van der Waals surface area contributed by atoms with Gasteiger partial charge in [-0.05, 0) is 36.1 Å². The molecule has 0 aliphatic carbocycles. The molecule has 2 rings (SSSR count). The van der Waals surface area contributed by atoms with E-state index in [1.54, 1.807) is 14.2 Å². The number of carbonyl (C=O) groups is 1. The molecule has 0 aliphatic heterocycles. The van der Waals surface area contributed by atoms with Crippen LogP contribution in [0.25, 0.3) is 0 Å². The van der Waals surface area contributed by atoms with E-state index < -0.39 is 0 Å². The molecule has 4 nitrogen and oxygen atoms in total. The van der Waals surface area contributed by atoms with E-state index in [0.29, 0.717) is 19.5 Å². The maximum atomic E-state index is 12.6. The third-order valence-electron chi connectivity index (χ3n) is 4.43. The van der Waals surface area contributed by atoms with Crippen LogP contribution in [0.15, 0.2) is 48.5 Å². The number of benzene rings is 2. The Morgan fingerprint density at radius 2 is 1.69 bits per heavy atom. The minimum Gasteiger partial charge on any atom is -0.493 e. The zero-order chi connectivity index (χ0) is 18.8. The molecule has 140 valence electrons. The summed E-state index contributed by atoms with van der Waals surface area (Å²) >= 11 is 0. The lowest BCUT2D eigenvalue weighted by Crippen LogP contribution is -2.32. The lowest BCUT2D eigenvalue weighted by Gasteiger charge is -2.23. The van der Waals surface area contributed by atoms with E-state index in [0.717, 1.165) is 41.9 Å². The van der Waals surface area contributed by atoms with Crippen LogP contribution in [0, 0.1) is 0 Å². The molecule has 0 saturated carbocycles. The van der Waals surface area contributed by atoms with Gasteiger partial charge in [-0.15, -0.1) is 0 Å². The fourth-order valence-corrected chi connectivity index (χ4v) is 2.88. The summed E-state index contributed by atoms with van der Waals surface area (Å²) in [5, 5.41) is 0. The Bertz CT molecular complexity index is 685. The highest BCUT2D eigenvalue weighted by atomic mass is 16.5. The number of methoxy groups -OCH3 is 2. The van der Waals surface area contributed by atoms with Gasteiger partial charge in [0.05, 0.1) is 14.2 Å². The van der Waals surface area contributed by atoms with Gasteiger partial charge < -0.3 is 14.4 Å². The van der Waals surface area contributed by atoms with Crippen molar-refractivity contribution in [2.24, 2.45) is 0 Å². The zero-order valence-electron chi connectivity index (χ0n) is 16.0. The molecule has 1 amide bonds. The first-order valence-electron chi connectivity index (χ1n) is 9.20. The Morgan fingerprint density at radius 3 is 2.35 bits per heavy atom. The Balaban J connectivity index is 2.07. The van der Waals surface area contributed by atoms with Gasteiger partial charge in [-0.3, -0.25) is 4.79 Å². The molecule has 2 aromatic carbocycles. The molecule has 0 heterocycles. The van der Waals surface area contributed by atoms with Crippen LogP contribution in [0.2, 0.25) is 0 Å². The fourth-order valence-electron chi connectivity index (χ4n) is 2.88. The third-order valence-corrected chi connectivity index (χ3v) is 4.43. The molecule has 0 aliphatic rings. The van der Waals surface area contributed by atoms with Crippen molar-refractivity contribution in [2.45, 2.75) is 39.2 Å². The number of rotatable bonds is 10. The molecule has 2 aromatic rings. The number of hydrogen-bond acceptors (Lipinski definition) is 3. The fraction of sp³-hybridized carbons (Fsp3) is 0.409. The molecule has 0 bridgehead atoms. The summed E-state index contributed by atoms with van der Waals surface area (Å²) in [6.45, 7) is 3.45. The van der Waals surface area contributed by atoms with Crippen LogP contribution in [0.1, 0.15) is 37.3 Å². The highest BCUT2D eigenvalue weighted by Crippen LogP contribution is 2.27. The topological polar surface area (TPSA) is 38.8 Å². The average molecular weight is 355 g/mol. The van der Waals surface area contributed by atoms with Crippen LogP contribution < -0.4 is 9.47 Å². The van der Waals surface area contributed by atoms with Crippen molar-refractivity contribution in [3.63, 3.8) is 0 Å². The number of hydrogen-bond donors (Lipinski definition) is 0. The SMILES string of the molecule is CCCCC(=O)N(CCc1ccc(OC)c(OC)c1)Cc1ccccc1. The van der Waals surface area contributed by atoms with E-state index in [2.05, 4.69) is 19.1 Å². The maximum Gasteiger partial charge on any atom is 0.222 e. The van der Waals surface area contributed by atoms with Gasteiger partial charge >= 0.3 is 0 Å². The van der Waals surface area contributed by atoms with Crippen LogP contribution in [-0.2, 0) is 17.8 Å². The second kappa shape index (κ2) is 10.5. The van der Waals surface area contributed by atoms with Crippen molar-refractivity contribution in [2.75, 3.05) is 20.8 Å². The van der Waals surface area contributed by atoms with Gasteiger partial charge in [0.2, 0.25) is 5.91 Å².